The van der Waals surface area contributed by atoms with Crippen molar-refractivity contribution in [3.63, 3.8) is 0 Å². The van der Waals surface area contributed by atoms with Crippen LogP contribution in [0.2, 0.25) is 0 Å². The molecule has 1 aromatic carbocycles. The zero-order chi connectivity index (χ0) is 14.8. The van der Waals surface area contributed by atoms with Crippen LogP contribution in [0.4, 0.5) is 5.69 Å². The van der Waals surface area contributed by atoms with Crippen molar-refractivity contribution in [2.45, 2.75) is 6.42 Å². The van der Waals surface area contributed by atoms with Crippen molar-refractivity contribution in [2.75, 3.05) is 12.3 Å². The molecule has 0 aliphatic heterocycles. The smallest absolute Gasteiger partial charge is 0.267 e. The molecule has 0 radical (unpaired) electrons. The van der Waals surface area contributed by atoms with Crippen LogP contribution < -0.4 is 11.1 Å². The standard InChI is InChI=1S/C14H16N6O/c1-20-8-17-19-12(20)5-6-16-14(21)11-7-9-3-2-4-10(15)13(9)18-11/h2-4,7-8,18H,5-6,15H2,1H3,(H,16,21). The monoisotopic (exact) mass is 284 g/mol. The lowest BCUT2D eigenvalue weighted by molar-refractivity contribution is 0.0950. The van der Waals surface area contributed by atoms with E-state index >= 15 is 0 Å². The molecule has 0 saturated carbocycles. The number of benzene rings is 1. The molecule has 1 amide bonds. The van der Waals surface area contributed by atoms with Gasteiger partial charge in [-0.15, -0.1) is 10.2 Å². The number of hydrogen-bond donors (Lipinski definition) is 3. The molecule has 21 heavy (non-hydrogen) atoms. The molecule has 2 heterocycles. The summed E-state index contributed by atoms with van der Waals surface area (Å²) in [6, 6.07) is 7.37. The number of nitrogens with two attached hydrogens (primary N) is 1. The van der Waals surface area contributed by atoms with Gasteiger partial charge >= 0.3 is 0 Å². The van der Waals surface area contributed by atoms with Gasteiger partial charge in [-0.2, -0.15) is 0 Å². The van der Waals surface area contributed by atoms with Gasteiger partial charge in [0.25, 0.3) is 5.91 Å². The van der Waals surface area contributed by atoms with Gasteiger partial charge in [-0.05, 0) is 12.1 Å². The van der Waals surface area contributed by atoms with E-state index in [1.165, 1.54) is 0 Å². The fourth-order valence-corrected chi connectivity index (χ4v) is 2.22. The third-order valence-corrected chi connectivity index (χ3v) is 3.37. The van der Waals surface area contributed by atoms with Crippen molar-refractivity contribution in [1.29, 1.82) is 0 Å². The van der Waals surface area contributed by atoms with Crippen molar-refractivity contribution in [3.8, 4) is 0 Å². The summed E-state index contributed by atoms with van der Waals surface area (Å²) in [5.74, 6) is 0.670. The number of fused-ring (bicyclic) bond motifs is 1. The lowest BCUT2D eigenvalue weighted by Crippen LogP contribution is -2.26. The van der Waals surface area contributed by atoms with Gasteiger partial charge in [-0.1, -0.05) is 12.1 Å². The molecule has 0 aliphatic rings. The number of aromatic nitrogens is 4. The number of hydrogen-bond acceptors (Lipinski definition) is 4. The maximum Gasteiger partial charge on any atom is 0.267 e. The van der Waals surface area contributed by atoms with Gasteiger partial charge in [0.15, 0.2) is 0 Å². The Kier molecular flexibility index (Phi) is 3.31. The molecule has 0 spiro atoms. The minimum absolute atomic E-state index is 0.159. The van der Waals surface area contributed by atoms with Crippen molar-refractivity contribution >= 4 is 22.5 Å². The molecule has 108 valence electrons. The molecular formula is C14H16N6O. The zero-order valence-corrected chi connectivity index (χ0v) is 11.6. The van der Waals surface area contributed by atoms with Crippen LogP contribution in [0.3, 0.4) is 0 Å². The van der Waals surface area contributed by atoms with Gasteiger partial charge < -0.3 is 20.6 Å². The molecule has 3 rings (SSSR count). The first-order chi connectivity index (χ1) is 10.1. The van der Waals surface area contributed by atoms with Crippen LogP contribution in [0.15, 0.2) is 30.6 Å². The SMILES string of the molecule is Cn1cnnc1CCNC(=O)c1cc2cccc(N)c2[nH]1. The second kappa shape index (κ2) is 5.28. The predicted molar refractivity (Wildman–Crippen MR) is 79.8 cm³/mol. The van der Waals surface area contributed by atoms with E-state index in [9.17, 15) is 4.79 Å². The Hall–Kier alpha value is -2.83. The number of aryl methyl sites for hydroxylation is 1. The fourth-order valence-electron chi connectivity index (χ4n) is 2.22. The Balaban J connectivity index is 1.67. The van der Waals surface area contributed by atoms with Crippen molar-refractivity contribution in [2.24, 2.45) is 7.05 Å². The van der Waals surface area contributed by atoms with E-state index in [2.05, 4.69) is 20.5 Å². The maximum atomic E-state index is 12.1. The van der Waals surface area contributed by atoms with Crippen LogP contribution in [-0.4, -0.2) is 32.2 Å². The molecule has 0 atom stereocenters. The summed E-state index contributed by atoms with van der Waals surface area (Å²) in [7, 11) is 1.87. The molecule has 2 aromatic heterocycles. The van der Waals surface area contributed by atoms with Gasteiger partial charge in [0.1, 0.15) is 17.8 Å². The molecule has 0 fully saturated rings. The van der Waals surface area contributed by atoms with E-state index < -0.39 is 0 Å². The third kappa shape index (κ3) is 2.58. The summed E-state index contributed by atoms with van der Waals surface area (Å²) >= 11 is 0. The zero-order valence-electron chi connectivity index (χ0n) is 11.6. The van der Waals surface area contributed by atoms with Crippen LogP contribution in [0.5, 0.6) is 0 Å². The van der Waals surface area contributed by atoms with E-state index in [0.717, 1.165) is 16.7 Å². The van der Waals surface area contributed by atoms with E-state index in [1.807, 2.05) is 23.7 Å². The number of carbonyl (C=O) groups is 1. The Bertz CT molecular complexity index is 788. The molecule has 7 heteroatoms. The number of aromatic amines is 1. The number of H-pyrrole nitrogens is 1. The topological polar surface area (TPSA) is 102 Å². The van der Waals surface area contributed by atoms with E-state index in [0.29, 0.717) is 24.3 Å². The Morgan fingerprint density at radius 2 is 2.33 bits per heavy atom. The van der Waals surface area contributed by atoms with Gasteiger partial charge in [-0.3, -0.25) is 4.79 Å². The molecule has 4 N–H and O–H groups in total. The highest BCUT2D eigenvalue weighted by molar-refractivity contribution is 6.00. The summed E-state index contributed by atoms with van der Waals surface area (Å²) in [5, 5.41) is 11.5. The van der Waals surface area contributed by atoms with Crippen LogP contribution in [-0.2, 0) is 13.5 Å². The summed E-state index contributed by atoms with van der Waals surface area (Å²) in [6.07, 6.45) is 2.27. The van der Waals surface area contributed by atoms with Crippen LogP contribution in [0, 0.1) is 0 Å². The first-order valence-electron chi connectivity index (χ1n) is 6.63. The lowest BCUT2D eigenvalue weighted by Gasteiger charge is -2.03. The summed E-state index contributed by atoms with van der Waals surface area (Å²) in [5.41, 5.74) is 7.79. The van der Waals surface area contributed by atoms with Crippen molar-refractivity contribution in [3.05, 3.63) is 42.1 Å². The predicted octanol–water partition coefficient (Wildman–Crippen LogP) is 0.851. The fraction of sp³-hybridized carbons (Fsp3) is 0.214. The van der Waals surface area contributed by atoms with E-state index in [4.69, 9.17) is 5.73 Å². The van der Waals surface area contributed by atoms with Gasteiger partial charge in [-0.25, -0.2) is 0 Å². The largest absolute Gasteiger partial charge is 0.397 e. The molecule has 3 aromatic rings. The molecular weight excluding hydrogens is 268 g/mol. The van der Waals surface area contributed by atoms with Crippen LogP contribution in [0.1, 0.15) is 16.3 Å². The Morgan fingerprint density at radius 1 is 1.48 bits per heavy atom. The number of nitrogens with one attached hydrogen (secondary N) is 2. The summed E-state index contributed by atoms with van der Waals surface area (Å²) < 4.78 is 1.83. The Morgan fingerprint density at radius 3 is 3.05 bits per heavy atom. The van der Waals surface area contributed by atoms with E-state index in [-0.39, 0.29) is 5.91 Å². The number of nitrogen functional groups attached to an aromatic ring is 1. The third-order valence-electron chi connectivity index (χ3n) is 3.37. The van der Waals surface area contributed by atoms with Crippen molar-refractivity contribution < 1.29 is 4.79 Å². The van der Waals surface area contributed by atoms with Crippen LogP contribution >= 0.6 is 0 Å². The number of amides is 1. The summed E-state index contributed by atoms with van der Waals surface area (Å²) in [4.78, 5) is 15.2. The number of anilines is 1. The summed E-state index contributed by atoms with van der Waals surface area (Å²) in [6.45, 7) is 0.496. The molecule has 0 unspecified atom stereocenters. The first kappa shape index (κ1) is 13.2. The normalized spacial score (nSPS) is 10.9. The second-order valence-corrected chi connectivity index (χ2v) is 4.86. The average Bonchev–Trinajstić information content (AvgIpc) is 3.06. The lowest BCUT2D eigenvalue weighted by atomic mass is 10.2. The molecule has 0 saturated heterocycles. The molecule has 0 aliphatic carbocycles. The maximum absolute atomic E-state index is 12.1. The number of carbonyl (C=O) groups excluding carboxylic acids is 1. The van der Waals surface area contributed by atoms with Gasteiger partial charge in [0, 0.05) is 25.4 Å². The average molecular weight is 284 g/mol. The number of nitrogens with zero attached hydrogens (tertiary/aromatic N) is 3. The highest BCUT2D eigenvalue weighted by atomic mass is 16.1. The quantitative estimate of drug-likeness (QED) is 0.618. The van der Waals surface area contributed by atoms with Crippen LogP contribution in [0.25, 0.3) is 10.9 Å². The minimum Gasteiger partial charge on any atom is -0.397 e. The molecule has 7 nitrogen and oxygen atoms in total. The molecule has 0 bridgehead atoms. The minimum atomic E-state index is -0.159. The van der Waals surface area contributed by atoms with Crippen molar-refractivity contribution in [1.82, 2.24) is 25.1 Å². The number of rotatable bonds is 4. The van der Waals surface area contributed by atoms with Gasteiger partial charge in [0.05, 0.1) is 11.2 Å². The van der Waals surface area contributed by atoms with E-state index in [1.54, 1.807) is 18.5 Å². The Labute approximate surface area is 121 Å². The highest BCUT2D eigenvalue weighted by Crippen LogP contribution is 2.20. The number of para-hydroxylation sites is 1. The first-order valence-corrected chi connectivity index (χ1v) is 6.63. The second-order valence-electron chi connectivity index (χ2n) is 4.86. The van der Waals surface area contributed by atoms with Gasteiger partial charge in [0.2, 0.25) is 0 Å². The highest BCUT2D eigenvalue weighted by Gasteiger charge is 2.10.